The van der Waals surface area contributed by atoms with Gasteiger partial charge in [-0.2, -0.15) is 8.78 Å². The Hall–Kier alpha value is -3.12. The molecule has 4 rings (SSSR count). The van der Waals surface area contributed by atoms with E-state index in [4.69, 9.17) is 22.1 Å². The second-order valence-electron chi connectivity index (χ2n) is 7.05. The van der Waals surface area contributed by atoms with E-state index in [1.807, 2.05) is 55.5 Å². The largest absolute Gasteiger partial charge is 0.462 e. The fourth-order valence-corrected chi connectivity index (χ4v) is 3.96. The molecule has 3 aromatic rings. The normalized spacial score (nSPS) is 18.2. The molecular formula is C23H19ClF2N2O2. The number of rotatable bonds is 5. The monoisotopic (exact) mass is 428 g/mol. The Bertz CT molecular complexity index is 1120. The minimum Gasteiger partial charge on any atom is -0.462 e. The van der Waals surface area contributed by atoms with Crippen LogP contribution in [-0.2, 0) is 10.3 Å². The number of benzene rings is 3. The van der Waals surface area contributed by atoms with E-state index in [0.29, 0.717) is 5.02 Å². The Balaban J connectivity index is 1.82. The number of hydrogen-bond donors (Lipinski definition) is 1. The maximum absolute atomic E-state index is 12.6. The Kier molecular flexibility index (Phi) is 5.35. The van der Waals surface area contributed by atoms with Crippen LogP contribution in [0.4, 0.5) is 8.78 Å². The molecule has 1 heterocycles. The van der Waals surface area contributed by atoms with Crippen molar-refractivity contribution in [3.63, 3.8) is 0 Å². The molecule has 0 radical (unpaired) electrons. The van der Waals surface area contributed by atoms with Crippen LogP contribution in [-0.4, -0.2) is 19.2 Å². The summed E-state index contributed by atoms with van der Waals surface area (Å²) in [6, 6.07) is 20.3. The van der Waals surface area contributed by atoms with Crippen molar-refractivity contribution in [1.82, 2.24) is 0 Å². The van der Waals surface area contributed by atoms with Gasteiger partial charge in [-0.3, -0.25) is 0 Å². The van der Waals surface area contributed by atoms with E-state index < -0.39 is 12.2 Å². The molecule has 0 aromatic heterocycles. The molecule has 1 aliphatic heterocycles. The fraction of sp³-hybridized carbons (Fsp3) is 0.174. The first-order valence-electron chi connectivity index (χ1n) is 9.28. The quantitative estimate of drug-likeness (QED) is 0.583. The highest BCUT2D eigenvalue weighted by molar-refractivity contribution is 6.30. The smallest absolute Gasteiger partial charge is 0.387 e. The van der Waals surface area contributed by atoms with Crippen LogP contribution in [0.5, 0.6) is 5.75 Å². The summed E-state index contributed by atoms with van der Waals surface area (Å²) in [5.74, 6) is 0.0879. The van der Waals surface area contributed by atoms with Crippen molar-refractivity contribution in [2.24, 2.45) is 10.7 Å². The number of aryl methyl sites for hydroxylation is 1. The van der Waals surface area contributed by atoms with Gasteiger partial charge in [0.2, 0.25) is 0 Å². The molecule has 4 nitrogen and oxygen atoms in total. The molecule has 0 aliphatic carbocycles. The molecule has 0 fully saturated rings. The summed E-state index contributed by atoms with van der Waals surface area (Å²) < 4.78 is 35.2. The summed E-state index contributed by atoms with van der Waals surface area (Å²) in [4.78, 5) is 4.62. The fourth-order valence-electron chi connectivity index (χ4n) is 3.77. The Morgan fingerprint density at radius 1 is 1.07 bits per heavy atom. The predicted octanol–water partition coefficient (Wildman–Crippen LogP) is 5.51. The van der Waals surface area contributed by atoms with Gasteiger partial charge in [-0.05, 0) is 65.1 Å². The molecule has 0 saturated heterocycles. The van der Waals surface area contributed by atoms with Crippen LogP contribution in [0.1, 0.15) is 16.7 Å². The molecule has 154 valence electrons. The van der Waals surface area contributed by atoms with E-state index >= 15 is 0 Å². The average Bonchev–Trinajstić information content (AvgIpc) is 3.10. The van der Waals surface area contributed by atoms with Gasteiger partial charge in [-0.25, -0.2) is 4.99 Å². The molecule has 1 aliphatic rings. The second kappa shape index (κ2) is 7.95. The third kappa shape index (κ3) is 3.83. The van der Waals surface area contributed by atoms with E-state index in [1.54, 1.807) is 12.1 Å². The molecule has 3 aromatic carbocycles. The lowest BCUT2D eigenvalue weighted by Gasteiger charge is -2.28. The maximum atomic E-state index is 12.6. The molecule has 0 bridgehead atoms. The van der Waals surface area contributed by atoms with Crippen molar-refractivity contribution < 1.29 is 18.3 Å². The average molecular weight is 429 g/mol. The van der Waals surface area contributed by atoms with Crippen molar-refractivity contribution in [3.05, 3.63) is 88.4 Å². The summed E-state index contributed by atoms with van der Waals surface area (Å²) in [6.45, 7) is -0.865. The van der Waals surface area contributed by atoms with Gasteiger partial charge in [0.05, 0.1) is 0 Å². The molecule has 7 heteroatoms. The van der Waals surface area contributed by atoms with Crippen LogP contribution < -0.4 is 10.5 Å². The lowest BCUT2D eigenvalue weighted by atomic mass is 9.81. The van der Waals surface area contributed by atoms with E-state index in [9.17, 15) is 8.78 Å². The molecule has 30 heavy (non-hydrogen) atoms. The number of nitrogens with two attached hydrogens (primary N) is 1. The van der Waals surface area contributed by atoms with Gasteiger partial charge in [0.1, 0.15) is 12.4 Å². The van der Waals surface area contributed by atoms with Crippen LogP contribution in [0.2, 0.25) is 5.02 Å². The standard InChI is InChI=1S/C23H19ClF2N2O2/c1-14-10-19(30-21(25)26)8-9-20(14)23(13-29-22(27)28-23)17-6-2-4-15(11-17)16-5-3-7-18(24)12-16/h2-12,21H,13H2,1H3,(H2,27,28)/t23-/m0/s1. The van der Waals surface area contributed by atoms with E-state index in [-0.39, 0.29) is 18.4 Å². The van der Waals surface area contributed by atoms with Crippen LogP contribution >= 0.6 is 11.6 Å². The number of hydrogen-bond acceptors (Lipinski definition) is 4. The first-order valence-corrected chi connectivity index (χ1v) is 9.66. The first kappa shape index (κ1) is 20.2. The molecule has 2 N–H and O–H groups in total. The maximum Gasteiger partial charge on any atom is 0.387 e. The molecular weight excluding hydrogens is 410 g/mol. The van der Waals surface area contributed by atoms with Crippen molar-refractivity contribution in [3.8, 4) is 16.9 Å². The van der Waals surface area contributed by atoms with Crippen LogP contribution in [0.15, 0.2) is 71.7 Å². The Morgan fingerprint density at radius 2 is 1.80 bits per heavy atom. The Morgan fingerprint density at radius 3 is 2.43 bits per heavy atom. The van der Waals surface area contributed by atoms with Crippen LogP contribution in [0.3, 0.4) is 0 Å². The van der Waals surface area contributed by atoms with E-state index in [2.05, 4.69) is 9.73 Å². The van der Waals surface area contributed by atoms with Crippen molar-refractivity contribution in [1.29, 1.82) is 0 Å². The highest BCUT2D eigenvalue weighted by Crippen LogP contribution is 2.41. The van der Waals surface area contributed by atoms with Gasteiger partial charge in [0.15, 0.2) is 5.54 Å². The zero-order chi connectivity index (χ0) is 21.3. The summed E-state index contributed by atoms with van der Waals surface area (Å²) in [5.41, 5.74) is 9.32. The van der Waals surface area contributed by atoms with E-state index in [1.165, 1.54) is 6.07 Å². The molecule has 0 unspecified atom stereocenters. The van der Waals surface area contributed by atoms with E-state index in [0.717, 1.165) is 27.8 Å². The second-order valence-corrected chi connectivity index (χ2v) is 7.48. The van der Waals surface area contributed by atoms with Crippen molar-refractivity contribution >= 4 is 17.6 Å². The summed E-state index contributed by atoms with van der Waals surface area (Å²) >= 11 is 6.15. The molecule has 0 spiro atoms. The number of ether oxygens (including phenoxy) is 2. The number of alkyl halides is 2. The van der Waals surface area contributed by atoms with Crippen LogP contribution in [0.25, 0.3) is 11.1 Å². The molecule has 0 amide bonds. The highest BCUT2D eigenvalue weighted by atomic mass is 35.5. The highest BCUT2D eigenvalue weighted by Gasteiger charge is 2.41. The van der Waals surface area contributed by atoms with Gasteiger partial charge in [0.25, 0.3) is 6.02 Å². The third-order valence-electron chi connectivity index (χ3n) is 5.10. The number of aliphatic imine (C=N–C) groups is 1. The first-order chi connectivity index (χ1) is 14.4. The van der Waals surface area contributed by atoms with Gasteiger partial charge < -0.3 is 15.2 Å². The van der Waals surface area contributed by atoms with Gasteiger partial charge in [-0.15, -0.1) is 0 Å². The topological polar surface area (TPSA) is 56.8 Å². The lowest BCUT2D eigenvalue weighted by molar-refractivity contribution is -0.0498. The minimum atomic E-state index is -2.89. The SMILES string of the molecule is Cc1cc(OC(F)F)ccc1[C@@]1(c2cccc(-c3cccc(Cl)c3)c2)COC(N)=N1. The third-order valence-corrected chi connectivity index (χ3v) is 5.33. The summed E-state index contributed by atoms with van der Waals surface area (Å²) in [5, 5.41) is 0.643. The van der Waals surface area contributed by atoms with Gasteiger partial charge >= 0.3 is 6.61 Å². The Labute approximate surface area is 177 Å². The number of nitrogens with zero attached hydrogens (tertiary/aromatic N) is 1. The van der Waals surface area contributed by atoms with Crippen molar-refractivity contribution in [2.75, 3.05) is 6.61 Å². The lowest BCUT2D eigenvalue weighted by Crippen LogP contribution is -2.28. The minimum absolute atomic E-state index is 0.0791. The van der Waals surface area contributed by atoms with Gasteiger partial charge in [-0.1, -0.05) is 48.0 Å². The zero-order valence-electron chi connectivity index (χ0n) is 16.1. The number of halogens is 3. The zero-order valence-corrected chi connectivity index (χ0v) is 16.9. The van der Waals surface area contributed by atoms with Gasteiger partial charge in [0, 0.05) is 5.02 Å². The summed E-state index contributed by atoms with van der Waals surface area (Å²) in [6.07, 6.45) is 0. The summed E-state index contributed by atoms with van der Waals surface area (Å²) in [7, 11) is 0. The van der Waals surface area contributed by atoms with Crippen molar-refractivity contribution in [2.45, 2.75) is 19.1 Å². The number of amidine groups is 1. The molecule has 1 atom stereocenters. The molecule has 0 saturated carbocycles. The van der Waals surface area contributed by atoms with Crippen LogP contribution in [0, 0.1) is 6.92 Å². The predicted molar refractivity (Wildman–Crippen MR) is 113 cm³/mol.